The molecule has 0 spiro atoms. The molecule has 2 N–H and O–H groups in total. The summed E-state index contributed by atoms with van der Waals surface area (Å²) in [4.78, 5) is 12.0. The summed E-state index contributed by atoms with van der Waals surface area (Å²) in [7, 11) is -4.26. The van der Waals surface area contributed by atoms with Crippen LogP contribution in [0, 0.1) is 23.2 Å². The van der Waals surface area contributed by atoms with Crippen LogP contribution in [0.4, 0.5) is 13.2 Å². The molecule has 1 unspecified atom stereocenters. The first-order valence-corrected chi connectivity index (χ1v) is 14.1. The zero-order valence-corrected chi connectivity index (χ0v) is 23.4. The number of rotatable bonds is 11. The van der Waals surface area contributed by atoms with Gasteiger partial charge < -0.3 is 19.1 Å². The minimum absolute atomic E-state index is 0.126. The van der Waals surface area contributed by atoms with Crippen molar-refractivity contribution in [1.82, 2.24) is 9.29 Å². The summed E-state index contributed by atoms with van der Waals surface area (Å²) in [6, 6.07) is 16.0. The molecule has 0 radical (unpaired) electrons. The number of nitrogens with one attached hydrogen (secondary N) is 1. The lowest BCUT2D eigenvalue weighted by molar-refractivity contribution is -0.274. The van der Waals surface area contributed by atoms with Crippen molar-refractivity contribution >= 4 is 26.9 Å². The number of halogens is 3. The zero-order valence-electron chi connectivity index (χ0n) is 22.6. The monoisotopic (exact) mass is 611 g/mol. The molecule has 1 aromatic heterocycles. The number of alkyl halides is 3. The van der Waals surface area contributed by atoms with Gasteiger partial charge in [0.05, 0.1) is 16.5 Å². The molecule has 4 aromatic rings. The average molecular weight is 612 g/mol. The van der Waals surface area contributed by atoms with Gasteiger partial charge in [-0.05, 0) is 72.6 Å². The van der Waals surface area contributed by atoms with Crippen molar-refractivity contribution in [1.29, 1.82) is 5.26 Å². The van der Waals surface area contributed by atoms with Crippen molar-refractivity contribution < 1.29 is 41.0 Å². The minimum Gasteiger partial charge on any atom is -0.481 e. The first-order valence-electron chi connectivity index (χ1n) is 12.6. The number of aliphatic carboxylic acids is 1. The van der Waals surface area contributed by atoms with Crippen LogP contribution in [0.25, 0.3) is 10.9 Å². The van der Waals surface area contributed by atoms with Crippen LogP contribution in [-0.4, -0.2) is 43.1 Å². The Balaban J connectivity index is 1.60. The second-order valence-electron chi connectivity index (χ2n) is 9.22. The van der Waals surface area contributed by atoms with Gasteiger partial charge in [-0.1, -0.05) is 18.1 Å². The smallest absolute Gasteiger partial charge is 0.481 e. The van der Waals surface area contributed by atoms with Crippen molar-refractivity contribution in [3.05, 3.63) is 89.6 Å². The summed E-state index contributed by atoms with van der Waals surface area (Å²) < 4.78 is 76.9. The van der Waals surface area contributed by atoms with Gasteiger partial charge in [0, 0.05) is 30.1 Å². The number of aromatic nitrogens is 1. The molecule has 3 aromatic carbocycles. The van der Waals surface area contributed by atoms with Crippen molar-refractivity contribution in [3.8, 4) is 29.4 Å². The van der Waals surface area contributed by atoms with Crippen LogP contribution in [-0.2, 0) is 27.8 Å². The predicted molar refractivity (Wildman–Crippen MR) is 150 cm³/mol. The Labute approximate surface area is 245 Å². The number of fused-ring (bicyclic) bond motifs is 1. The summed E-state index contributed by atoms with van der Waals surface area (Å²) in [5, 5.41) is 19.9. The molecule has 4 rings (SSSR count). The molecular weight excluding hydrogens is 587 g/mol. The van der Waals surface area contributed by atoms with Crippen molar-refractivity contribution in [3.63, 3.8) is 0 Å². The Morgan fingerprint density at radius 1 is 1.07 bits per heavy atom. The number of carbonyl (C=O) groups is 1. The Bertz CT molecular complexity index is 1830. The number of ether oxygens (including phenoxy) is 2. The van der Waals surface area contributed by atoms with Gasteiger partial charge in [0.2, 0.25) is 10.0 Å². The summed E-state index contributed by atoms with van der Waals surface area (Å²) in [5.74, 6) is 3.98. The Morgan fingerprint density at radius 2 is 1.74 bits per heavy atom. The fourth-order valence-corrected chi connectivity index (χ4v) is 5.48. The van der Waals surface area contributed by atoms with E-state index < -0.39 is 28.4 Å². The molecule has 0 aliphatic heterocycles. The van der Waals surface area contributed by atoms with Crippen LogP contribution in [0.15, 0.2) is 77.8 Å². The fraction of sp³-hybridized carbons (Fsp3) is 0.200. The van der Waals surface area contributed by atoms with Crippen LogP contribution in [0.5, 0.6) is 11.5 Å². The lowest BCUT2D eigenvalue weighted by Crippen LogP contribution is -2.42. The molecule has 0 bridgehead atoms. The van der Waals surface area contributed by atoms with E-state index in [1.54, 1.807) is 35.9 Å². The maximum Gasteiger partial charge on any atom is 0.573 e. The number of carboxylic acid groups (broad SMARTS) is 1. The first-order chi connectivity index (χ1) is 20.4. The molecular formula is C30H24F3N3O6S. The largest absolute Gasteiger partial charge is 0.573 e. The summed E-state index contributed by atoms with van der Waals surface area (Å²) >= 11 is 0. The lowest BCUT2D eigenvalue weighted by Gasteiger charge is -2.15. The highest BCUT2D eigenvalue weighted by molar-refractivity contribution is 7.89. The van der Waals surface area contributed by atoms with Gasteiger partial charge >= 0.3 is 12.3 Å². The predicted octanol–water partition coefficient (Wildman–Crippen LogP) is 4.84. The van der Waals surface area contributed by atoms with Crippen LogP contribution < -0.4 is 14.2 Å². The van der Waals surface area contributed by atoms with Gasteiger partial charge in [0.1, 0.15) is 24.1 Å². The van der Waals surface area contributed by atoms with Crippen LogP contribution in [0.2, 0.25) is 0 Å². The Morgan fingerprint density at radius 3 is 2.35 bits per heavy atom. The van der Waals surface area contributed by atoms with E-state index in [1.165, 1.54) is 48.5 Å². The third kappa shape index (κ3) is 8.07. The van der Waals surface area contributed by atoms with E-state index >= 15 is 0 Å². The number of hydrogen-bond donors (Lipinski definition) is 2. The van der Waals surface area contributed by atoms with Crippen molar-refractivity contribution in [2.75, 3.05) is 6.61 Å². The summed E-state index contributed by atoms with van der Waals surface area (Å²) in [5.41, 5.74) is 1.98. The molecule has 222 valence electrons. The Hall–Kier alpha value is -4.98. The maximum absolute atomic E-state index is 13.1. The summed E-state index contributed by atoms with van der Waals surface area (Å²) in [6.07, 6.45) is -3.46. The van der Waals surface area contributed by atoms with Gasteiger partial charge in [-0.15, -0.1) is 19.1 Å². The molecule has 13 heteroatoms. The third-order valence-corrected chi connectivity index (χ3v) is 7.73. The highest BCUT2D eigenvalue weighted by atomic mass is 32.2. The molecule has 43 heavy (non-hydrogen) atoms. The molecule has 1 atom stereocenters. The Kier molecular flexibility index (Phi) is 9.29. The van der Waals surface area contributed by atoms with E-state index in [0.29, 0.717) is 33.3 Å². The highest BCUT2D eigenvalue weighted by Gasteiger charge is 2.31. The van der Waals surface area contributed by atoms with E-state index in [2.05, 4.69) is 21.3 Å². The standard InChI is InChI=1S/C30H24F3N3O6S/c1-2-3-14-41-23-9-11-25(12-10-23)43(39,40)35-27(29(37)38)16-22-19-36(28-13-6-21(17-34)15-26(22)28)18-20-4-7-24(8-5-20)42-30(31,32)33/h4-13,15,19,27,35H,14,16,18H2,1H3,(H,37,38). The highest BCUT2D eigenvalue weighted by Crippen LogP contribution is 2.27. The van der Waals surface area contributed by atoms with Crippen molar-refractivity contribution in [2.24, 2.45) is 0 Å². The lowest BCUT2D eigenvalue weighted by atomic mass is 10.0. The first kappa shape index (κ1) is 31.0. The molecule has 0 aliphatic rings. The van der Waals surface area contributed by atoms with E-state index in [9.17, 15) is 36.8 Å². The number of nitrogens with zero attached hydrogens (tertiary/aromatic N) is 2. The topological polar surface area (TPSA) is 131 Å². The SMILES string of the molecule is CC#CCOc1ccc(S(=O)(=O)NC(Cc2cn(Cc3ccc(OC(F)(F)F)cc3)c3ccc(C#N)cc23)C(=O)O)cc1. The molecule has 0 aliphatic carbocycles. The molecule has 0 saturated carbocycles. The van der Waals surface area contributed by atoms with Gasteiger partial charge in [-0.3, -0.25) is 4.79 Å². The van der Waals surface area contributed by atoms with Crippen LogP contribution in [0.3, 0.4) is 0 Å². The third-order valence-electron chi connectivity index (χ3n) is 6.24. The molecule has 0 amide bonds. The zero-order chi connectivity index (χ0) is 31.2. The van der Waals surface area contributed by atoms with E-state index in [0.717, 1.165) is 0 Å². The molecule has 9 nitrogen and oxygen atoms in total. The fourth-order valence-electron chi connectivity index (χ4n) is 4.29. The summed E-state index contributed by atoms with van der Waals surface area (Å²) in [6.45, 7) is 1.97. The van der Waals surface area contributed by atoms with Crippen molar-refractivity contribution in [2.45, 2.75) is 37.2 Å². The molecule has 0 fully saturated rings. The second kappa shape index (κ2) is 12.9. The van der Waals surface area contributed by atoms with Crippen LogP contribution in [0.1, 0.15) is 23.6 Å². The quantitative estimate of drug-likeness (QED) is 0.232. The number of hydrogen-bond acceptors (Lipinski definition) is 6. The second-order valence-corrected chi connectivity index (χ2v) is 10.9. The van der Waals surface area contributed by atoms with E-state index in [4.69, 9.17) is 4.74 Å². The number of sulfonamides is 1. The maximum atomic E-state index is 13.1. The number of benzene rings is 3. The number of nitriles is 1. The van der Waals surface area contributed by atoms with Gasteiger partial charge in [0.25, 0.3) is 0 Å². The van der Waals surface area contributed by atoms with Gasteiger partial charge in [0.15, 0.2) is 0 Å². The normalized spacial score (nSPS) is 12.2. The molecule has 0 saturated heterocycles. The molecule has 1 heterocycles. The number of carboxylic acids is 1. The van der Waals surface area contributed by atoms with Gasteiger partial charge in [-0.25, -0.2) is 8.42 Å². The van der Waals surface area contributed by atoms with E-state index in [-0.39, 0.29) is 30.2 Å². The minimum atomic E-state index is -4.82. The van der Waals surface area contributed by atoms with E-state index in [1.807, 2.05) is 6.07 Å². The van der Waals surface area contributed by atoms with Gasteiger partial charge in [-0.2, -0.15) is 9.98 Å². The average Bonchev–Trinajstić information content (AvgIpc) is 3.29. The van der Waals surface area contributed by atoms with Crippen LogP contribution >= 0.6 is 0 Å².